The largest absolute Gasteiger partial charge is 0.476 e. The van der Waals surface area contributed by atoms with E-state index < -0.39 is 16.1 Å². The highest BCUT2D eigenvalue weighted by Gasteiger charge is 2.37. The fraction of sp³-hybridized carbons (Fsp3) is 0.381. The molecule has 1 N–H and O–H groups in total. The highest BCUT2D eigenvalue weighted by molar-refractivity contribution is 7.92. The summed E-state index contributed by atoms with van der Waals surface area (Å²) in [5.74, 6) is 0.0441. The van der Waals surface area contributed by atoms with Gasteiger partial charge in [-0.1, -0.05) is 30.3 Å². The highest BCUT2D eigenvalue weighted by Crippen LogP contribution is 2.36. The summed E-state index contributed by atoms with van der Waals surface area (Å²) in [6.45, 7) is 4.16. The van der Waals surface area contributed by atoms with Crippen LogP contribution in [0.15, 0.2) is 59.5 Å². The Kier molecular flexibility index (Phi) is 6.21. The van der Waals surface area contributed by atoms with Gasteiger partial charge in [-0.3, -0.25) is 14.0 Å². The number of carbonyl (C=O) groups excluding carboxylic acids is 1. The van der Waals surface area contributed by atoms with E-state index in [9.17, 15) is 13.2 Å². The molecule has 1 amide bonds. The van der Waals surface area contributed by atoms with Crippen molar-refractivity contribution in [2.45, 2.75) is 11.0 Å². The molecule has 9 heteroatoms. The van der Waals surface area contributed by atoms with Crippen molar-refractivity contribution in [1.82, 2.24) is 10.2 Å². The van der Waals surface area contributed by atoms with Crippen LogP contribution >= 0.6 is 0 Å². The topological polar surface area (TPSA) is 88.2 Å². The summed E-state index contributed by atoms with van der Waals surface area (Å²) in [6.07, 6.45) is -0.928. The van der Waals surface area contributed by atoms with E-state index in [0.717, 1.165) is 13.1 Å². The van der Waals surface area contributed by atoms with E-state index in [1.54, 1.807) is 54.6 Å². The number of morpholine rings is 1. The van der Waals surface area contributed by atoms with Gasteiger partial charge in [0.2, 0.25) is 0 Å². The van der Waals surface area contributed by atoms with Crippen LogP contribution in [-0.4, -0.2) is 71.3 Å². The monoisotopic (exact) mass is 431 g/mol. The van der Waals surface area contributed by atoms with Crippen molar-refractivity contribution in [3.05, 3.63) is 54.6 Å². The average Bonchev–Trinajstić information content (AvgIpc) is 2.79. The Labute approximate surface area is 176 Å². The first kappa shape index (κ1) is 20.6. The molecule has 0 aromatic heterocycles. The molecule has 0 bridgehead atoms. The Morgan fingerprint density at radius 1 is 1.03 bits per heavy atom. The van der Waals surface area contributed by atoms with Crippen LogP contribution in [0.5, 0.6) is 5.75 Å². The van der Waals surface area contributed by atoms with Gasteiger partial charge in [0.25, 0.3) is 15.9 Å². The molecule has 2 aromatic carbocycles. The summed E-state index contributed by atoms with van der Waals surface area (Å²) in [5.41, 5.74) is 0.429. The minimum atomic E-state index is -3.83. The Bertz CT molecular complexity index is 977. The van der Waals surface area contributed by atoms with Gasteiger partial charge in [0.1, 0.15) is 5.75 Å². The molecule has 160 valence electrons. The number of benzene rings is 2. The number of nitrogens with one attached hydrogen (secondary N) is 1. The second-order valence-electron chi connectivity index (χ2n) is 7.17. The molecule has 2 aliphatic heterocycles. The summed E-state index contributed by atoms with van der Waals surface area (Å²) in [4.78, 5) is 15.1. The lowest BCUT2D eigenvalue weighted by atomic mass is 10.2. The number of nitrogens with zero attached hydrogens (tertiary/aromatic N) is 2. The molecule has 1 atom stereocenters. The van der Waals surface area contributed by atoms with Gasteiger partial charge in [-0.25, -0.2) is 8.42 Å². The van der Waals surface area contributed by atoms with Gasteiger partial charge in [-0.2, -0.15) is 0 Å². The maximum Gasteiger partial charge on any atom is 0.264 e. The van der Waals surface area contributed by atoms with E-state index in [4.69, 9.17) is 9.47 Å². The van der Waals surface area contributed by atoms with E-state index in [2.05, 4.69) is 10.2 Å². The fourth-order valence-electron chi connectivity index (χ4n) is 3.56. The second kappa shape index (κ2) is 9.03. The van der Waals surface area contributed by atoms with Gasteiger partial charge in [0.15, 0.2) is 6.10 Å². The molecule has 8 nitrogen and oxygen atoms in total. The van der Waals surface area contributed by atoms with E-state index in [1.807, 2.05) is 0 Å². The molecular formula is C21H25N3O5S. The SMILES string of the molecule is O=C(NCCN1CCOCC1)[C@@H]1CN(S(=O)(=O)c2ccccc2)c2ccccc2O1. The van der Waals surface area contributed by atoms with Crippen molar-refractivity contribution in [2.75, 3.05) is 50.2 Å². The number of hydrogen-bond donors (Lipinski definition) is 1. The third-order valence-corrected chi connectivity index (χ3v) is 6.98. The molecule has 30 heavy (non-hydrogen) atoms. The van der Waals surface area contributed by atoms with E-state index in [0.29, 0.717) is 37.7 Å². The summed E-state index contributed by atoms with van der Waals surface area (Å²) in [6, 6.07) is 15.1. The van der Waals surface area contributed by atoms with Crippen LogP contribution in [0.4, 0.5) is 5.69 Å². The minimum absolute atomic E-state index is 0.0857. The Morgan fingerprint density at radius 2 is 1.73 bits per heavy atom. The Hall–Kier alpha value is -2.62. The number of rotatable bonds is 6. The lowest BCUT2D eigenvalue weighted by Crippen LogP contribution is -2.51. The zero-order valence-electron chi connectivity index (χ0n) is 16.6. The number of para-hydroxylation sites is 2. The van der Waals surface area contributed by atoms with Crippen molar-refractivity contribution in [3.63, 3.8) is 0 Å². The average molecular weight is 432 g/mol. The van der Waals surface area contributed by atoms with Gasteiger partial charge < -0.3 is 14.8 Å². The van der Waals surface area contributed by atoms with Crippen LogP contribution in [0, 0.1) is 0 Å². The zero-order chi connectivity index (χ0) is 21.0. The number of ether oxygens (including phenoxy) is 2. The molecule has 0 saturated carbocycles. The van der Waals surface area contributed by atoms with Crippen molar-refractivity contribution in [3.8, 4) is 5.75 Å². The van der Waals surface area contributed by atoms with Crippen LogP contribution in [0.1, 0.15) is 0 Å². The maximum atomic E-state index is 13.3. The van der Waals surface area contributed by atoms with Crippen LogP contribution in [0.3, 0.4) is 0 Å². The molecule has 0 radical (unpaired) electrons. The number of fused-ring (bicyclic) bond motifs is 1. The van der Waals surface area contributed by atoms with Gasteiger partial charge in [0, 0.05) is 26.2 Å². The quantitative estimate of drug-likeness (QED) is 0.737. The molecule has 4 rings (SSSR count). The van der Waals surface area contributed by atoms with E-state index >= 15 is 0 Å². The van der Waals surface area contributed by atoms with Gasteiger partial charge in [-0.05, 0) is 24.3 Å². The molecule has 2 aliphatic rings. The summed E-state index contributed by atoms with van der Waals surface area (Å²) < 4.78 is 38.9. The molecule has 1 saturated heterocycles. The number of hydrogen-bond acceptors (Lipinski definition) is 6. The van der Waals surface area contributed by atoms with Crippen molar-refractivity contribution >= 4 is 21.6 Å². The third kappa shape index (κ3) is 4.43. The Morgan fingerprint density at radius 3 is 2.50 bits per heavy atom. The van der Waals surface area contributed by atoms with Crippen molar-refractivity contribution < 1.29 is 22.7 Å². The number of anilines is 1. The molecule has 1 fully saturated rings. The number of sulfonamides is 1. The summed E-state index contributed by atoms with van der Waals surface area (Å²) >= 11 is 0. The van der Waals surface area contributed by atoms with Crippen LogP contribution in [0.25, 0.3) is 0 Å². The normalized spacial score (nSPS) is 19.6. The van der Waals surface area contributed by atoms with Crippen LogP contribution < -0.4 is 14.4 Å². The van der Waals surface area contributed by atoms with Crippen molar-refractivity contribution in [1.29, 1.82) is 0 Å². The fourth-order valence-corrected chi connectivity index (χ4v) is 5.06. The summed E-state index contributed by atoms with van der Waals surface area (Å²) in [7, 11) is -3.83. The first-order chi connectivity index (χ1) is 14.6. The first-order valence-electron chi connectivity index (χ1n) is 9.97. The van der Waals surface area contributed by atoms with E-state index in [1.165, 1.54) is 4.31 Å². The molecule has 0 aliphatic carbocycles. The molecule has 0 spiro atoms. The lowest BCUT2D eigenvalue weighted by molar-refractivity contribution is -0.127. The maximum absolute atomic E-state index is 13.3. The first-order valence-corrected chi connectivity index (χ1v) is 11.4. The van der Waals surface area contributed by atoms with Gasteiger partial charge in [0.05, 0.1) is 30.3 Å². The molecule has 2 heterocycles. The van der Waals surface area contributed by atoms with Gasteiger partial charge >= 0.3 is 0 Å². The van der Waals surface area contributed by atoms with Crippen molar-refractivity contribution in [2.24, 2.45) is 0 Å². The third-order valence-electron chi connectivity index (χ3n) is 5.19. The predicted molar refractivity (Wildman–Crippen MR) is 112 cm³/mol. The molecular weight excluding hydrogens is 406 g/mol. The summed E-state index contributed by atoms with van der Waals surface area (Å²) in [5, 5.41) is 2.87. The number of carbonyl (C=O) groups is 1. The minimum Gasteiger partial charge on any atom is -0.476 e. The smallest absolute Gasteiger partial charge is 0.264 e. The molecule has 0 unspecified atom stereocenters. The lowest BCUT2D eigenvalue weighted by Gasteiger charge is -2.35. The molecule has 2 aromatic rings. The Balaban J connectivity index is 1.49. The van der Waals surface area contributed by atoms with Crippen LogP contribution in [-0.2, 0) is 19.6 Å². The zero-order valence-corrected chi connectivity index (χ0v) is 17.4. The van der Waals surface area contributed by atoms with Crippen LogP contribution in [0.2, 0.25) is 0 Å². The van der Waals surface area contributed by atoms with Gasteiger partial charge in [-0.15, -0.1) is 0 Å². The standard InChI is InChI=1S/C21H25N3O5S/c25-21(22-10-11-23-12-14-28-15-13-23)20-16-24(18-8-4-5-9-19(18)29-20)30(26,27)17-6-2-1-3-7-17/h1-9,20H,10-16H2,(H,22,25)/t20-/m0/s1. The predicted octanol–water partition coefficient (Wildman–Crippen LogP) is 1.09. The highest BCUT2D eigenvalue weighted by atomic mass is 32.2. The van der Waals surface area contributed by atoms with E-state index in [-0.39, 0.29) is 17.3 Å². The second-order valence-corrected chi connectivity index (χ2v) is 9.03. The number of amides is 1.